The normalized spacial score (nSPS) is 11.5. The predicted molar refractivity (Wildman–Crippen MR) is 65.1 cm³/mol. The molecule has 1 nitrogen and oxygen atoms in total. The fourth-order valence-electron chi connectivity index (χ4n) is 1.72. The number of rotatable bonds is 1. The summed E-state index contributed by atoms with van der Waals surface area (Å²) < 4.78 is 1.06. The number of H-pyrrole nitrogens is 1. The number of fused-ring (bicyclic) bond motifs is 1. The van der Waals surface area contributed by atoms with Crippen molar-refractivity contribution in [2.75, 3.05) is 0 Å². The minimum Gasteiger partial charge on any atom is -0.349 e. The van der Waals surface area contributed by atoms with Crippen LogP contribution in [0, 0.1) is 0 Å². The average molecular weight is 273 g/mol. The number of aromatic amines is 1. The van der Waals surface area contributed by atoms with Crippen LogP contribution in [-0.4, -0.2) is 4.98 Å². The van der Waals surface area contributed by atoms with E-state index in [1.165, 1.54) is 10.9 Å². The van der Waals surface area contributed by atoms with Crippen LogP contribution < -0.4 is 0 Å². The number of halogens is 2. The summed E-state index contributed by atoms with van der Waals surface area (Å²) in [5.74, 6) is 0.483. The Morgan fingerprint density at radius 2 is 2.07 bits per heavy atom. The van der Waals surface area contributed by atoms with Gasteiger partial charge in [0.1, 0.15) is 0 Å². The highest BCUT2D eigenvalue weighted by Crippen LogP contribution is 2.33. The molecule has 2 rings (SSSR count). The van der Waals surface area contributed by atoms with E-state index in [1.54, 1.807) is 0 Å². The number of nitrogens with one attached hydrogen (secondary N) is 1. The monoisotopic (exact) mass is 271 g/mol. The number of aromatic nitrogens is 1. The van der Waals surface area contributed by atoms with Gasteiger partial charge in [0.25, 0.3) is 0 Å². The summed E-state index contributed by atoms with van der Waals surface area (Å²) in [4.78, 5) is 3.29. The zero-order chi connectivity index (χ0) is 10.3. The van der Waals surface area contributed by atoms with Gasteiger partial charge < -0.3 is 4.98 Å². The van der Waals surface area contributed by atoms with Crippen LogP contribution in [0.4, 0.5) is 0 Å². The molecule has 0 radical (unpaired) electrons. The quantitative estimate of drug-likeness (QED) is 0.774. The van der Waals surface area contributed by atoms with Gasteiger partial charge >= 0.3 is 0 Å². The second-order valence-corrected chi connectivity index (χ2v) is 4.93. The molecule has 0 atom stereocenters. The van der Waals surface area contributed by atoms with Crippen molar-refractivity contribution >= 4 is 38.4 Å². The summed E-state index contributed by atoms with van der Waals surface area (Å²) in [6.45, 7) is 4.35. The summed E-state index contributed by atoms with van der Waals surface area (Å²) in [6, 6.07) is 5.92. The standard InChI is InChI=1S/C11H11BrClN/c1-6(2)10-8-5-7(13)3-4-9(8)14-11(10)12/h3-6,14H,1-2H3. The van der Waals surface area contributed by atoms with Crippen LogP contribution in [0.3, 0.4) is 0 Å². The minimum absolute atomic E-state index is 0.483. The van der Waals surface area contributed by atoms with Crippen molar-refractivity contribution in [3.8, 4) is 0 Å². The molecule has 0 aliphatic heterocycles. The first-order chi connectivity index (χ1) is 6.59. The Bertz CT molecular complexity index is 473. The average Bonchev–Trinajstić information content (AvgIpc) is 2.40. The summed E-state index contributed by atoms with van der Waals surface area (Å²) in [6.07, 6.45) is 0. The third-order valence-corrected chi connectivity index (χ3v) is 3.19. The Balaban J connectivity index is 2.79. The van der Waals surface area contributed by atoms with E-state index in [0.29, 0.717) is 5.92 Å². The van der Waals surface area contributed by atoms with Gasteiger partial charge in [-0.2, -0.15) is 0 Å². The molecule has 2 aromatic rings. The fourth-order valence-corrected chi connectivity index (χ4v) is 2.77. The fraction of sp³-hybridized carbons (Fsp3) is 0.273. The summed E-state index contributed by atoms with van der Waals surface area (Å²) in [7, 11) is 0. The van der Waals surface area contributed by atoms with Gasteiger partial charge in [0, 0.05) is 15.9 Å². The van der Waals surface area contributed by atoms with E-state index < -0.39 is 0 Å². The van der Waals surface area contributed by atoms with Crippen LogP contribution in [0.1, 0.15) is 25.3 Å². The summed E-state index contributed by atoms with van der Waals surface area (Å²) in [5.41, 5.74) is 2.42. The van der Waals surface area contributed by atoms with E-state index in [9.17, 15) is 0 Å². The molecule has 1 aromatic carbocycles. The number of benzene rings is 1. The predicted octanol–water partition coefficient (Wildman–Crippen LogP) is 4.71. The molecule has 3 heteroatoms. The zero-order valence-electron chi connectivity index (χ0n) is 8.07. The second-order valence-electron chi connectivity index (χ2n) is 3.70. The van der Waals surface area contributed by atoms with Crippen LogP contribution in [0.25, 0.3) is 10.9 Å². The van der Waals surface area contributed by atoms with Crippen LogP contribution in [0.15, 0.2) is 22.8 Å². The second kappa shape index (κ2) is 3.59. The van der Waals surface area contributed by atoms with Crippen LogP contribution in [0.5, 0.6) is 0 Å². The number of hydrogen-bond acceptors (Lipinski definition) is 0. The molecule has 1 N–H and O–H groups in total. The summed E-state index contributed by atoms with van der Waals surface area (Å²) >= 11 is 9.51. The van der Waals surface area contributed by atoms with E-state index in [2.05, 4.69) is 34.8 Å². The molecular formula is C11H11BrClN. The molecule has 0 bridgehead atoms. The highest BCUT2D eigenvalue weighted by atomic mass is 79.9. The molecule has 0 saturated heterocycles. The molecule has 0 unspecified atom stereocenters. The minimum atomic E-state index is 0.483. The SMILES string of the molecule is CC(C)c1c(Br)[nH]c2ccc(Cl)cc12. The first-order valence-corrected chi connectivity index (χ1v) is 5.73. The van der Waals surface area contributed by atoms with Crippen LogP contribution in [-0.2, 0) is 0 Å². The first-order valence-electron chi connectivity index (χ1n) is 4.56. The van der Waals surface area contributed by atoms with Gasteiger partial charge in [0.2, 0.25) is 0 Å². The maximum atomic E-state index is 5.98. The third kappa shape index (κ3) is 1.57. The maximum absolute atomic E-state index is 5.98. The molecule has 0 spiro atoms. The molecule has 1 aromatic heterocycles. The molecule has 14 heavy (non-hydrogen) atoms. The van der Waals surface area contributed by atoms with Crippen molar-refractivity contribution in [1.82, 2.24) is 4.98 Å². The molecular weight excluding hydrogens is 261 g/mol. The Morgan fingerprint density at radius 3 is 2.71 bits per heavy atom. The van der Waals surface area contributed by atoms with Crippen molar-refractivity contribution in [2.24, 2.45) is 0 Å². The summed E-state index contributed by atoms with van der Waals surface area (Å²) in [5, 5.41) is 1.99. The molecule has 0 amide bonds. The molecule has 0 aliphatic rings. The Labute approximate surface area is 96.6 Å². The Kier molecular flexibility index (Phi) is 2.58. The van der Waals surface area contributed by atoms with E-state index in [-0.39, 0.29) is 0 Å². The van der Waals surface area contributed by atoms with Gasteiger partial charge in [0.15, 0.2) is 0 Å². The van der Waals surface area contributed by atoms with Gasteiger partial charge in [-0.05, 0) is 45.6 Å². The van der Waals surface area contributed by atoms with E-state index >= 15 is 0 Å². The molecule has 74 valence electrons. The van der Waals surface area contributed by atoms with Crippen molar-refractivity contribution in [3.05, 3.63) is 33.4 Å². The first kappa shape index (κ1) is 10.1. The Morgan fingerprint density at radius 1 is 1.36 bits per heavy atom. The molecule has 0 fully saturated rings. The van der Waals surface area contributed by atoms with Gasteiger partial charge in [-0.3, -0.25) is 0 Å². The molecule has 0 saturated carbocycles. The lowest BCUT2D eigenvalue weighted by atomic mass is 10.0. The van der Waals surface area contributed by atoms with Gasteiger partial charge in [-0.15, -0.1) is 0 Å². The van der Waals surface area contributed by atoms with Crippen molar-refractivity contribution < 1.29 is 0 Å². The van der Waals surface area contributed by atoms with E-state index in [1.807, 2.05) is 18.2 Å². The topological polar surface area (TPSA) is 15.8 Å². The smallest absolute Gasteiger partial charge is 0.0866 e. The van der Waals surface area contributed by atoms with Crippen molar-refractivity contribution in [2.45, 2.75) is 19.8 Å². The Hall–Kier alpha value is -0.470. The van der Waals surface area contributed by atoms with Gasteiger partial charge in [0.05, 0.1) is 4.60 Å². The van der Waals surface area contributed by atoms with Crippen molar-refractivity contribution in [3.63, 3.8) is 0 Å². The van der Waals surface area contributed by atoms with Crippen LogP contribution >= 0.6 is 27.5 Å². The van der Waals surface area contributed by atoms with Crippen molar-refractivity contribution in [1.29, 1.82) is 0 Å². The lowest BCUT2D eigenvalue weighted by Gasteiger charge is -2.03. The zero-order valence-corrected chi connectivity index (χ0v) is 10.4. The highest BCUT2D eigenvalue weighted by Gasteiger charge is 2.12. The largest absolute Gasteiger partial charge is 0.349 e. The third-order valence-electron chi connectivity index (χ3n) is 2.33. The van der Waals surface area contributed by atoms with Gasteiger partial charge in [-0.25, -0.2) is 0 Å². The van der Waals surface area contributed by atoms with Gasteiger partial charge in [-0.1, -0.05) is 25.4 Å². The highest BCUT2D eigenvalue weighted by molar-refractivity contribution is 9.10. The molecule has 1 heterocycles. The van der Waals surface area contributed by atoms with E-state index in [4.69, 9.17) is 11.6 Å². The maximum Gasteiger partial charge on any atom is 0.0866 e. The lowest BCUT2D eigenvalue weighted by Crippen LogP contribution is -1.85. The molecule has 0 aliphatic carbocycles. The van der Waals surface area contributed by atoms with E-state index in [0.717, 1.165) is 15.1 Å². The lowest BCUT2D eigenvalue weighted by molar-refractivity contribution is 0.869. The number of hydrogen-bond donors (Lipinski definition) is 1. The van der Waals surface area contributed by atoms with Crippen LogP contribution in [0.2, 0.25) is 5.02 Å².